The lowest BCUT2D eigenvalue weighted by atomic mass is 9.72. The molecule has 0 saturated heterocycles. The Balaban J connectivity index is 1.02. The van der Waals surface area contributed by atoms with E-state index in [0.717, 1.165) is 38.9 Å². The van der Waals surface area contributed by atoms with Gasteiger partial charge < -0.3 is 0 Å². The molecule has 61 heavy (non-hydrogen) atoms. The van der Waals surface area contributed by atoms with Gasteiger partial charge in [-0.2, -0.15) is 0 Å². The van der Waals surface area contributed by atoms with Gasteiger partial charge in [0.15, 0.2) is 17.5 Å². The highest BCUT2D eigenvalue weighted by molar-refractivity contribution is 5.88. The van der Waals surface area contributed by atoms with Gasteiger partial charge in [-0.3, -0.25) is 0 Å². The van der Waals surface area contributed by atoms with Crippen molar-refractivity contribution in [1.29, 1.82) is 0 Å². The summed E-state index contributed by atoms with van der Waals surface area (Å²) < 4.78 is 0. The number of benzene rings is 8. The van der Waals surface area contributed by atoms with Gasteiger partial charge in [-0.25, -0.2) is 15.0 Å². The quantitative estimate of drug-likeness (QED) is 0.130. The summed E-state index contributed by atoms with van der Waals surface area (Å²) in [5.74, 6) is 1.90. The van der Waals surface area contributed by atoms with Crippen LogP contribution in [0.15, 0.2) is 243 Å². The van der Waals surface area contributed by atoms with E-state index < -0.39 is 5.41 Å². The van der Waals surface area contributed by atoms with Crippen LogP contribution in [0.3, 0.4) is 0 Å². The third-order valence-corrected chi connectivity index (χ3v) is 11.6. The molecular formula is C58H41N3. The standard InChI is InChI=1S/C58H41N3/c1-2-3-4-16-37-58(50-27-12-7-13-28-50)53-30-15-14-29-51(53)52-40-48(35-36-54(52)58)46-24-17-23-45(38-46)47-25-18-26-49(39-47)57-60-55(43-21-10-6-11-22-43)59-56(61-57)44-33-31-42(32-34-44)41-19-8-5-9-20-41/h2-40H,1H2/b4-3-,37-16+. The molecule has 0 saturated carbocycles. The molecule has 0 amide bonds. The van der Waals surface area contributed by atoms with Crippen LogP contribution in [-0.2, 0) is 5.41 Å². The van der Waals surface area contributed by atoms with Gasteiger partial charge in [0.1, 0.15) is 0 Å². The molecule has 0 spiro atoms. The first-order valence-electron chi connectivity index (χ1n) is 20.6. The fourth-order valence-electron chi connectivity index (χ4n) is 8.64. The minimum Gasteiger partial charge on any atom is -0.208 e. The average Bonchev–Trinajstić information content (AvgIpc) is 3.63. The molecule has 3 nitrogen and oxygen atoms in total. The second-order valence-corrected chi connectivity index (χ2v) is 15.2. The van der Waals surface area contributed by atoms with Gasteiger partial charge in [0.2, 0.25) is 0 Å². The Morgan fingerprint density at radius 3 is 1.43 bits per heavy atom. The van der Waals surface area contributed by atoms with Gasteiger partial charge in [0, 0.05) is 16.7 Å². The minimum absolute atomic E-state index is 0.430. The number of hydrogen-bond donors (Lipinski definition) is 0. The van der Waals surface area contributed by atoms with E-state index in [9.17, 15) is 0 Å². The van der Waals surface area contributed by atoms with Crippen molar-refractivity contribution in [3.63, 3.8) is 0 Å². The van der Waals surface area contributed by atoms with Crippen LogP contribution < -0.4 is 0 Å². The summed E-state index contributed by atoms with van der Waals surface area (Å²) in [6, 6.07) is 72.9. The SMILES string of the molecule is C=C/C=C\C=C\C1(c2ccccc2)c2ccccc2-c2cc(-c3cccc(-c4cccc(-c5nc(-c6ccccc6)nc(-c6ccc(-c7ccccc7)cc6)n5)c4)c3)ccc21. The van der Waals surface area contributed by atoms with Crippen molar-refractivity contribution >= 4 is 0 Å². The molecule has 0 bridgehead atoms. The van der Waals surface area contributed by atoms with Gasteiger partial charge >= 0.3 is 0 Å². The second kappa shape index (κ2) is 16.3. The Morgan fingerprint density at radius 1 is 0.328 bits per heavy atom. The van der Waals surface area contributed by atoms with E-state index in [2.05, 4.69) is 195 Å². The van der Waals surface area contributed by atoms with Gasteiger partial charge in [0.05, 0.1) is 5.41 Å². The molecule has 0 N–H and O–H groups in total. The molecule has 1 atom stereocenters. The normalized spacial score (nSPS) is 14.2. The van der Waals surface area contributed by atoms with Crippen LogP contribution in [0.4, 0.5) is 0 Å². The first kappa shape index (κ1) is 37.3. The van der Waals surface area contributed by atoms with Crippen LogP contribution in [0, 0.1) is 0 Å². The Morgan fingerprint density at radius 2 is 0.770 bits per heavy atom. The van der Waals surface area contributed by atoms with E-state index in [1.165, 1.54) is 38.9 Å². The Kier molecular flexibility index (Phi) is 9.98. The van der Waals surface area contributed by atoms with E-state index in [1.54, 1.807) is 0 Å². The molecule has 8 aromatic carbocycles. The van der Waals surface area contributed by atoms with Gasteiger partial charge in [-0.05, 0) is 79.4 Å². The van der Waals surface area contributed by atoms with Crippen LogP contribution in [0.1, 0.15) is 16.7 Å². The first-order valence-corrected chi connectivity index (χ1v) is 20.6. The molecule has 0 radical (unpaired) electrons. The fraction of sp³-hybridized carbons (Fsp3) is 0.0172. The van der Waals surface area contributed by atoms with E-state index in [1.807, 2.05) is 48.6 Å². The summed E-state index contributed by atoms with van der Waals surface area (Å²) in [7, 11) is 0. The van der Waals surface area contributed by atoms with E-state index in [4.69, 9.17) is 15.0 Å². The average molecular weight is 780 g/mol. The molecule has 1 aliphatic rings. The van der Waals surface area contributed by atoms with Crippen molar-refractivity contribution < 1.29 is 0 Å². The van der Waals surface area contributed by atoms with Crippen LogP contribution >= 0.6 is 0 Å². The van der Waals surface area contributed by atoms with E-state index in [0.29, 0.717) is 17.5 Å². The lowest BCUT2D eigenvalue weighted by Crippen LogP contribution is -2.24. The molecule has 10 rings (SSSR count). The number of aromatic nitrogens is 3. The molecule has 288 valence electrons. The smallest absolute Gasteiger partial charge is 0.164 e. The first-order chi connectivity index (χ1) is 30.2. The summed E-state index contributed by atoms with van der Waals surface area (Å²) >= 11 is 0. The zero-order chi connectivity index (χ0) is 41.0. The fourth-order valence-corrected chi connectivity index (χ4v) is 8.64. The molecule has 3 heteroatoms. The van der Waals surface area contributed by atoms with Crippen molar-refractivity contribution in [2.24, 2.45) is 0 Å². The van der Waals surface area contributed by atoms with Gasteiger partial charge in [0.25, 0.3) is 0 Å². The van der Waals surface area contributed by atoms with E-state index in [-0.39, 0.29) is 0 Å². The second-order valence-electron chi connectivity index (χ2n) is 15.2. The van der Waals surface area contributed by atoms with Crippen LogP contribution in [0.2, 0.25) is 0 Å². The van der Waals surface area contributed by atoms with Crippen molar-refractivity contribution in [2.75, 3.05) is 0 Å². The Hall–Kier alpha value is -8.01. The zero-order valence-corrected chi connectivity index (χ0v) is 33.6. The molecular weight excluding hydrogens is 739 g/mol. The number of rotatable bonds is 10. The largest absolute Gasteiger partial charge is 0.208 e. The lowest BCUT2D eigenvalue weighted by Gasteiger charge is -2.29. The van der Waals surface area contributed by atoms with Gasteiger partial charge in [-0.1, -0.05) is 225 Å². The molecule has 0 fully saturated rings. The van der Waals surface area contributed by atoms with Crippen molar-refractivity contribution in [3.05, 3.63) is 260 Å². The molecule has 1 aromatic heterocycles. The summed E-state index contributed by atoms with van der Waals surface area (Å²) in [4.78, 5) is 15.1. The topological polar surface area (TPSA) is 38.7 Å². The maximum absolute atomic E-state index is 5.08. The Bertz CT molecular complexity index is 3080. The molecule has 1 aliphatic carbocycles. The highest BCUT2D eigenvalue weighted by Gasteiger charge is 2.42. The van der Waals surface area contributed by atoms with Crippen molar-refractivity contribution in [3.8, 4) is 78.7 Å². The van der Waals surface area contributed by atoms with Crippen molar-refractivity contribution in [1.82, 2.24) is 15.0 Å². The third-order valence-electron chi connectivity index (χ3n) is 11.6. The van der Waals surface area contributed by atoms with Crippen LogP contribution in [-0.4, -0.2) is 15.0 Å². The number of nitrogens with zero attached hydrogens (tertiary/aromatic N) is 3. The minimum atomic E-state index is -0.430. The predicted octanol–water partition coefficient (Wildman–Crippen LogP) is 14.5. The van der Waals surface area contributed by atoms with Crippen molar-refractivity contribution in [2.45, 2.75) is 5.41 Å². The molecule has 1 heterocycles. The summed E-state index contributed by atoms with van der Waals surface area (Å²) in [5, 5.41) is 0. The maximum atomic E-state index is 5.08. The third kappa shape index (κ3) is 7.13. The van der Waals surface area contributed by atoms with Crippen LogP contribution in [0.5, 0.6) is 0 Å². The molecule has 1 unspecified atom stereocenters. The summed E-state index contributed by atoms with van der Waals surface area (Å²) in [6.45, 7) is 3.87. The number of hydrogen-bond acceptors (Lipinski definition) is 3. The maximum Gasteiger partial charge on any atom is 0.164 e. The highest BCUT2D eigenvalue weighted by atomic mass is 15.0. The Labute approximate surface area is 357 Å². The zero-order valence-electron chi connectivity index (χ0n) is 33.6. The summed E-state index contributed by atoms with van der Waals surface area (Å²) in [6.07, 6.45) is 10.3. The highest BCUT2D eigenvalue weighted by Crippen LogP contribution is 2.54. The number of fused-ring (bicyclic) bond motifs is 3. The predicted molar refractivity (Wildman–Crippen MR) is 253 cm³/mol. The number of allylic oxidation sites excluding steroid dienone is 5. The van der Waals surface area contributed by atoms with Crippen LogP contribution in [0.25, 0.3) is 78.7 Å². The summed E-state index contributed by atoms with van der Waals surface area (Å²) in [5.41, 5.74) is 15.5. The monoisotopic (exact) mass is 779 g/mol. The lowest BCUT2D eigenvalue weighted by molar-refractivity contribution is 0.804. The molecule has 0 aliphatic heterocycles. The van der Waals surface area contributed by atoms with E-state index >= 15 is 0 Å². The van der Waals surface area contributed by atoms with Gasteiger partial charge in [-0.15, -0.1) is 0 Å². The molecule has 9 aromatic rings.